The van der Waals surface area contributed by atoms with Crippen molar-refractivity contribution in [1.29, 1.82) is 0 Å². The standard InChI is InChI=1S/C13H18F3N3O2/c1-2-21-12(20)17-7-8-19-10-6-4-3-5-9(10)11(18-19)13(14,15)16/h2-8H2,1H3,(H,17,20). The first-order valence-electron chi connectivity index (χ1n) is 7.00. The van der Waals surface area contributed by atoms with Crippen molar-refractivity contribution in [2.75, 3.05) is 13.2 Å². The van der Waals surface area contributed by atoms with E-state index in [1.54, 1.807) is 6.92 Å². The Kier molecular flexibility index (Phi) is 4.74. The van der Waals surface area contributed by atoms with Crippen LogP contribution in [0.15, 0.2) is 0 Å². The van der Waals surface area contributed by atoms with Gasteiger partial charge in [0.2, 0.25) is 0 Å². The second kappa shape index (κ2) is 6.36. The highest BCUT2D eigenvalue weighted by molar-refractivity contribution is 5.66. The summed E-state index contributed by atoms with van der Waals surface area (Å²) in [5.41, 5.74) is 0.164. The topological polar surface area (TPSA) is 56.1 Å². The molecule has 2 rings (SSSR count). The van der Waals surface area contributed by atoms with Gasteiger partial charge < -0.3 is 10.1 Å². The van der Waals surface area contributed by atoms with E-state index in [1.165, 1.54) is 4.68 Å². The largest absolute Gasteiger partial charge is 0.450 e. The Hall–Kier alpha value is -1.73. The van der Waals surface area contributed by atoms with Crippen molar-refractivity contribution in [3.63, 3.8) is 0 Å². The van der Waals surface area contributed by atoms with Gasteiger partial charge in [0.25, 0.3) is 0 Å². The van der Waals surface area contributed by atoms with Crippen LogP contribution in [0.1, 0.15) is 36.7 Å². The van der Waals surface area contributed by atoms with Crippen LogP contribution in [0.4, 0.5) is 18.0 Å². The molecule has 0 unspecified atom stereocenters. The molecular weight excluding hydrogens is 287 g/mol. The number of carbonyl (C=O) groups excluding carboxylic acids is 1. The van der Waals surface area contributed by atoms with Crippen molar-refractivity contribution in [2.45, 2.75) is 45.3 Å². The third kappa shape index (κ3) is 3.68. The number of rotatable bonds is 4. The van der Waals surface area contributed by atoms with Gasteiger partial charge in [0.05, 0.1) is 13.2 Å². The Bertz CT molecular complexity index is 511. The first-order chi connectivity index (χ1) is 9.93. The molecule has 0 aliphatic heterocycles. The van der Waals surface area contributed by atoms with Crippen LogP contribution in [-0.2, 0) is 30.3 Å². The summed E-state index contributed by atoms with van der Waals surface area (Å²) in [6.07, 6.45) is -2.38. The molecule has 0 saturated heterocycles. The van der Waals surface area contributed by atoms with Gasteiger partial charge in [0, 0.05) is 17.8 Å². The van der Waals surface area contributed by atoms with Gasteiger partial charge in [0.15, 0.2) is 5.69 Å². The lowest BCUT2D eigenvalue weighted by molar-refractivity contribution is -0.142. The van der Waals surface area contributed by atoms with Gasteiger partial charge in [-0.2, -0.15) is 18.3 Å². The number of amides is 1. The van der Waals surface area contributed by atoms with E-state index in [2.05, 4.69) is 10.4 Å². The first-order valence-corrected chi connectivity index (χ1v) is 7.00. The van der Waals surface area contributed by atoms with Crippen LogP contribution in [0.5, 0.6) is 0 Å². The lowest BCUT2D eigenvalue weighted by Crippen LogP contribution is -2.28. The number of nitrogens with zero attached hydrogens (tertiary/aromatic N) is 2. The summed E-state index contributed by atoms with van der Waals surface area (Å²) < 4.78 is 45.0. The van der Waals surface area contributed by atoms with Gasteiger partial charge in [-0.1, -0.05) is 0 Å². The summed E-state index contributed by atoms with van der Waals surface area (Å²) in [7, 11) is 0. The van der Waals surface area contributed by atoms with E-state index < -0.39 is 18.0 Å². The zero-order chi connectivity index (χ0) is 15.5. The number of alkyl carbamates (subject to hydrolysis) is 1. The van der Waals surface area contributed by atoms with Crippen LogP contribution in [0.2, 0.25) is 0 Å². The molecule has 1 aromatic rings. The van der Waals surface area contributed by atoms with Gasteiger partial charge in [-0.3, -0.25) is 4.68 Å². The van der Waals surface area contributed by atoms with E-state index >= 15 is 0 Å². The quantitative estimate of drug-likeness (QED) is 0.930. The van der Waals surface area contributed by atoms with Gasteiger partial charge in [-0.15, -0.1) is 0 Å². The van der Waals surface area contributed by atoms with Crippen LogP contribution in [0.25, 0.3) is 0 Å². The zero-order valence-corrected chi connectivity index (χ0v) is 11.8. The first kappa shape index (κ1) is 15.7. The Morgan fingerprint density at radius 2 is 2.10 bits per heavy atom. The predicted octanol–water partition coefficient (Wildman–Crippen LogP) is 2.53. The smallest absolute Gasteiger partial charge is 0.435 e. The molecule has 1 aliphatic rings. The molecule has 0 spiro atoms. The number of hydrogen-bond donors (Lipinski definition) is 1. The Morgan fingerprint density at radius 1 is 1.38 bits per heavy atom. The Morgan fingerprint density at radius 3 is 2.76 bits per heavy atom. The molecule has 0 atom stereocenters. The maximum Gasteiger partial charge on any atom is 0.435 e. The van der Waals surface area contributed by atoms with Crippen LogP contribution in [0, 0.1) is 0 Å². The van der Waals surface area contributed by atoms with Crippen LogP contribution in [-0.4, -0.2) is 29.0 Å². The molecule has 0 aromatic carbocycles. The molecule has 5 nitrogen and oxygen atoms in total. The molecule has 0 bridgehead atoms. The van der Waals surface area contributed by atoms with Crippen LogP contribution in [0.3, 0.4) is 0 Å². The highest BCUT2D eigenvalue weighted by atomic mass is 19.4. The minimum atomic E-state index is -4.43. The van der Waals surface area contributed by atoms with E-state index in [0.717, 1.165) is 12.8 Å². The summed E-state index contributed by atoms with van der Waals surface area (Å²) in [4.78, 5) is 11.1. The number of halogens is 3. The SMILES string of the molecule is CCOC(=O)NCCn1nc(C(F)(F)F)c2c1CCCC2. The highest BCUT2D eigenvalue weighted by Crippen LogP contribution is 2.35. The molecule has 21 heavy (non-hydrogen) atoms. The molecule has 1 N–H and O–H groups in total. The van der Waals surface area contributed by atoms with Gasteiger partial charge in [-0.05, 0) is 32.6 Å². The molecule has 1 heterocycles. The number of fused-ring (bicyclic) bond motifs is 1. The molecule has 118 valence electrons. The third-order valence-corrected chi connectivity index (χ3v) is 3.39. The average molecular weight is 305 g/mol. The predicted molar refractivity (Wildman–Crippen MR) is 68.9 cm³/mol. The van der Waals surface area contributed by atoms with Gasteiger partial charge >= 0.3 is 12.3 Å². The summed E-state index contributed by atoms with van der Waals surface area (Å²) in [6.45, 7) is 2.32. The van der Waals surface area contributed by atoms with Crippen molar-refractivity contribution in [3.8, 4) is 0 Å². The molecule has 8 heteroatoms. The normalized spacial score (nSPS) is 14.7. The number of alkyl halides is 3. The van der Waals surface area contributed by atoms with Crippen molar-refractivity contribution in [3.05, 3.63) is 17.0 Å². The van der Waals surface area contributed by atoms with Crippen molar-refractivity contribution < 1.29 is 22.7 Å². The summed E-state index contributed by atoms with van der Waals surface area (Å²) >= 11 is 0. The van der Waals surface area contributed by atoms with E-state index in [9.17, 15) is 18.0 Å². The fourth-order valence-electron chi connectivity index (χ4n) is 2.53. The summed E-state index contributed by atoms with van der Waals surface area (Å²) in [5, 5.41) is 6.19. The number of aromatic nitrogens is 2. The molecule has 1 aliphatic carbocycles. The summed E-state index contributed by atoms with van der Waals surface area (Å²) in [5.74, 6) is 0. The molecule has 1 aromatic heterocycles. The monoisotopic (exact) mass is 305 g/mol. The minimum absolute atomic E-state index is 0.185. The van der Waals surface area contributed by atoms with Crippen LogP contribution < -0.4 is 5.32 Å². The van der Waals surface area contributed by atoms with E-state index in [4.69, 9.17) is 4.74 Å². The summed E-state index contributed by atoms with van der Waals surface area (Å²) in [6, 6.07) is 0. The maximum absolute atomic E-state index is 13.0. The van der Waals surface area contributed by atoms with Crippen LogP contribution >= 0.6 is 0 Å². The number of nitrogens with one attached hydrogen (secondary N) is 1. The minimum Gasteiger partial charge on any atom is -0.450 e. The van der Waals surface area contributed by atoms with Crippen molar-refractivity contribution in [2.24, 2.45) is 0 Å². The van der Waals surface area contributed by atoms with E-state index in [0.29, 0.717) is 24.1 Å². The van der Waals surface area contributed by atoms with Crippen molar-refractivity contribution >= 4 is 6.09 Å². The average Bonchev–Trinajstić information content (AvgIpc) is 2.78. The molecule has 1 amide bonds. The molecular formula is C13H18F3N3O2. The Labute approximate surface area is 120 Å². The third-order valence-electron chi connectivity index (χ3n) is 3.39. The van der Waals surface area contributed by atoms with Gasteiger partial charge in [-0.25, -0.2) is 4.79 Å². The lowest BCUT2D eigenvalue weighted by Gasteiger charge is -2.14. The molecule has 0 fully saturated rings. The second-order valence-corrected chi connectivity index (χ2v) is 4.85. The van der Waals surface area contributed by atoms with E-state index in [-0.39, 0.29) is 19.7 Å². The maximum atomic E-state index is 13.0. The molecule has 0 saturated carbocycles. The number of ether oxygens (including phenoxy) is 1. The second-order valence-electron chi connectivity index (χ2n) is 4.85. The van der Waals surface area contributed by atoms with E-state index in [1.807, 2.05) is 0 Å². The Balaban J connectivity index is 2.09. The lowest BCUT2D eigenvalue weighted by atomic mass is 9.95. The number of carbonyl (C=O) groups is 1. The van der Waals surface area contributed by atoms with Crippen molar-refractivity contribution in [1.82, 2.24) is 15.1 Å². The fourth-order valence-corrected chi connectivity index (χ4v) is 2.53. The molecule has 0 radical (unpaired) electrons. The zero-order valence-electron chi connectivity index (χ0n) is 11.8. The number of hydrogen-bond acceptors (Lipinski definition) is 3. The van der Waals surface area contributed by atoms with Gasteiger partial charge in [0.1, 0.15) is 0 Å². The fraction of sp³-hybridized carbons (Fsp3) is 0.692. The highest BCUT2D eigenvalue weighted by Gasteiger charge is 2.39.